The van der Waals surface area contributed by atoms with Gasteiger partial charge in [0.2, 0.25) is 0 Å². The minimum absolute atomic E-state index is 0.0716. The fourth-order valence-electron chi connectivity index (χ4n) is 1.77. The van der Waals surface area contributed by atoms with E-state index >= 15 is 0 Å². The molecule has 0 aromatic heterocycles. The van der Waals surface area contributed by atoms with Gasteiger partial charge in [-0.05, 0) is 54.4 Å². The average Bonchev–Trinajstić information content (AvgIpc) is 2.53. The molecule has 0 spiro atoms. The minimum atomic E-state index is -2.86. The number of alkyl halides is 2. The van der Waals surface area contributed by atoms with Gasteiger partial charge in [-0.1, -0.05) is 12.1 Å². The van der Waals surface area contributed by atoms with Crippen molar-refractivity contribution in [2.45, 2.75) is 13.5 Å². The Balaban J connectivity index is 2.03. The number of carboxylic acids is 1. The van der Waals surface area contributed by atoms with Crippen LogP contribution in [0.3, 0.4) is 0 Å². The van der Waals surface area contributed by atoms with Crippen molar-refractivity contribution in [2.24, 2.45) is 5.10 Å². The van der Waals surface area contributed by atoms with Crippen LogP contribution in [0, 0.1) is 0 Å². The largest absolute Gasteiger partial charge is 0.545 e. The van der Waals surface area contributed by atoms with E-state index in [1.54, 1.807) is 31.2 Å². The van der Waals surface area contributed by atoms with Crippen LogP contribution in [-0.4, -0.2) is 18.3 Å². The van der Waals surface area contributed by atoms with Gasteiger partial charge in [-0.25, -0.2) is 0 Å². The summed E-state index contributed by atoms with van der Waals surface area (Å²) in [6.45, 7) is -1.12. The van der Waals surface area contributed by atoms with E-state index in [9.17, 15) is 18.7 Å². The molecule has 0 aliphatic carbocycles. The number of anilines is 1. The number of benzene rings is 2. The highest BCUT2D eigenvalue weighted by molar-refractivity contribution is 5.99. The summed E-state index contributed by atoms with van der Waals surface area (Å²) < 4.78 is 28.4. The lowest BCUT2D eigenvalue weighted by Gasteiger charge is -2.07. The molecule has 0 bridgehead atoms. The normalized spacial score (nSPS) is 11.4. The molecule has 0 fully saturated rings. The van der Waals surface area contributed by atoms with Crippen molar-refractivity contribution in [1.82, 2.24) is 0 Å². The number of hydrogen-bond donors (Lipinski definition) is 1. The molecular weight excluding hydrogens is 306 g/mol. The third-order valence-corrected chi connectivity index (χ3v) is 2.97. The van der Waals surface area contributed by atoms with E-state index in [0.717, 1.165) is 5.56 Å². The predicted molar refractivity (Wildman–Crippen MR) is 79.7 cm³/mol. The molecule has 0 radical (unpaired) electrons. The van der Waals surface area contributed by atoms with Gasteiger partial charge >= 0.3 is 6.61 Å². The number of hydrogen-bond acceptors (Lipinski definition) is 5. The molecule has 0 aliphatic heterocycles. The summed E-state index contributed by atoms with van der Waals surface area (Å²) >= 11 is 0. The van der Waals surface area contributed by atoms with Crippen LogP contribution in [0.5, 0.6) is 5.75 Å². The van der Waals surface area contributed by atoms with Crippen molar-refractivity contribution < 1.29 is 23.4 Å². The maximum atomic E-state index is 12.1. The molecule has 2 aromatic carbocycles. The number of nitrogens with zero attached hydrogens (tertiary/aromatic N) is 1. The molecule has 1 N–H and O–H groups in total. The van der Waals surface area contributed by atoms with Gasteiger partial charge in [0.15, 0.2) is 0 Å². The summed E-state index contributed by atoms with van der Waals surface area (Å²) in [6, 6.07) is 12.0. The van der Waals surface area contributed by atoms with Crippen LogP contribution in [0.25, 0.3) is 0 Å². The van der Waals surface area contributed by atoms with Crippen LogP contribution in [0.15, 0.2) is 53.6 Å². The van der Waals surface area contributed by atoms with Crippen LogP contribution in [-0.2, 0) is 0 Å². The zero-order valence-electron chi connectivity index (χ0n) is 12.1. The molecule has 7 heteroatoms. The van der Waals surface area contributed by atoms with E-state index in [1.165, 1.54) is 24.3 Å². The van der Waals surface area contributed by atoms with Gasteiger partial charge < -0.3 is 14.6 Å². The molecule has 120 valence electrons. The van der Waals surface area contributed by atoms with Crippen LogP contribution in [0.4, 0.5) is 14.5 Å². The highest BCUT2D eigenvalue weighted by atomic mass is 19.3. The Bertz CT molecular complexity index is 698. The topological polar surface area (TPSA) is 73.8 Å². The van der Waals surface area contributed by atoms with Gasteiger partial charge in [0, 0.05) is 0 Å². The fraction of sp³-hybridized carbons (Fsp3) is 0.125. The molecule has 0 aliphatic rings. The zero-order chi connectivity index (χ0) is 16.8. The Hall–Kier alpha value is -2.96. The van der Waals surface area contributed by atoms with Crippen LogP contribution < -0.4 is 15.3 Å². The molecule has 0 atom stereocenters. The Morgan fingerprint density at radius 3 is 2.17 bits per heavy atom. The minimum Gasteiger partial charge on any atom is -0.545 e. The summed E-state index contributed by atoms with van der Waals surface area (Å²) in [5.74, 6) is -1.18. The predicted octanol–water partition coefficient (Wildman–Crippen LogP) is 2.49. The number of hydrazone groups is 1. The third kappa shape index (κ3) is 4.77. The molecule has 0 saturated carbocycles. The van der Waals surface area contributed by atoms with Gasteiger partial charge in [0.1, 0.15) is 5.75 Å². The summed E-state index contributed by atoms with van der Waals surface area (Å²) in [6.07, 6.45) is 0. The second kappa shape index (κ2) is 7.35. The van der Waals surface area contributed by atoms with E-state index in [4.69, 9.17) is 0 Å². The molecule has 2 aromatic rings. The molecule has 0 heterocycles. The first-order chi connectivity index (χ1) is 11.0. The van der Waals surface area contributed by atoms with Gasteiger partial charge in [-0.2, -0.15) is 13.9 Å². The summed E-state index contributed by atoms with van der Waals surface area (Å²) in [7, 11) is 0. The molecule has 5 nitrogen and oxygen atoms in total. The Morgan fingerprint density at radius 1 is 1.09 bits per heavy atom. The molecular formula is C16H13F2N2O3-. The number of carbonyl (C=O) groups excluding carboxylic acids is 1. The number of rotatable bonds is 6. The third-order valence-electron chi connectivity index (χ3n) is 2.97. The molecule has 0 amide bonds. The van der Waals surface area contributed by atoms with Crippen LogP contribution in [0.1, 0.15) is 22.8 Å². The number of aromatic carboxylic acids is 1. The lowest BCUT2D eigenvalue weighted by atomic mass is 10.1. The van der Waals surface area contributed by atoms with Crippen molar-refractivity contribution in [3.8, 4) is 5.75 Å². The number of nitrogens with one attached hydrogen (secondary N) is 1. The SMILES string of the molecule is C/C(=N/Nc1ccc(C(=O)[O-])cc1)c1ccc(OC(F)F)cc1. The van der Waals surface area contributed by atoms with E-state index < -0.39 is 12.6 Å². The summed E-state index contributed by atoms with van der Waals surface area (Å²) in [5.41, 5.74) is 4.81. The van der Waals surface area contributed by atoms with Gasteiger partial charge in [-0.3, -0.25) is 5.43 Å². The summed E-state index contributed by atoms with van der Waals surface area (Å²) in [5, 5.41) is 14.8. The Labute approximate surface area is 131 Å². The maximum Gasteiger partial charge on any atom is 0.387 e. The first-order valence-corrected chi connectivity index (χ1v) is 6.62. The van der Waals surface area contributed by atoms with Crippen molar-refractivity contribution in [1.29, 1.82) is 0 Å². The highest BCUT2D eigenvalue weighted by Crippen LogP contribution is 2.16. The fourth-order valence-corrected chi connectivity index (χ4v) is 1.77. The zero-order valence-corrected chi connectivity index (χ0v) is 12.1. The maximum absolute atomic E-state index is 12.1. The average molecular weight is 319 g/mol. The highest BCUT2D eigenvalue weighted by Gasteiger charge is 2.04. The second-order valence-electron chi connectivity index (χ2n) is 4.58. The quantitative estimate of drug-likeness (QED) is 0.656. The van der Waals surface area contributed by atoms with Gasteiger partial charge in [-0.15, -0.1) is 0 Å². The van der Waals surface area contributed by atoms with Crippen LogP contribution in [0.2, 0.25) is 0 Å². The second-order valence-corrected chi connectivity index (χ2v) is 4.58. The van der Waals surface area contributed by atoms with Crippen molar-refractivity contribution in [3.05, 3.63) is 59.7 Å². The number of halogens is 2. The molecule has 2 rings (SSSR count). The van der Waals surface area contributed by atoms with E-state index in [2.05, 4.69) is 15.3 Å². The first-order valence-electron chi connectivity index (χ1n) is 6.62. The summed E-state index contributed by atoms with van der Waals surface area (Å²) in [4.78, 5) is 10.6. The molecule has 23 heavy (non-hydrogen) atoms. The van der Waals surface area contributed by atoms with E-state index in [1.807, 2.05) is 0 Å². The smallest absolute Gasteiger partial charge is 0.387 e. The van der Waals surface area contributed by atoms with Crippen molar-refractivity contribution >= 4 is 17.4 Å². The van der Waals surface area contributed by atoms with Gasteiger partial charge in [0.25, 0.3) is 0 Å². The molecule has 0 saturated heterocycles. The van der Waals surface area contributed by atoms with Crippen molar-refractivity contribution in [3.63, 3.8) is 0 Å². The van der Waals surface area contributed by atoms with E-state index in [0.29, 0.717) is 11.4 Å². The van der Waals surface area contributed by atoms with Crippen molar-refractivity contribution in [2.75, 3.05) is 5.43 Å². The Morgan fingerprint density at radius 2 is 1.65 bits per heavy atom. The van der Waals surface area contributed by atoms with Gasteiger partial charge in [0.05, 0.1) is 17.4 Å². The standard InChI is InChI=1S/C16H14F2N2O3/c1-10(11-4-8-14(9-5-11)23-16(17)18)19-20-13-6-2-12(3-7-13)15(21)22/h2-9,16,20H,1H3,(H,21,22)/p-1/b19-10-. The number of carboxylic acid groups (broad SMARTS) is 1. The molecule has 0 unspecified atom stereocenters. The van der Waals surface area contributed by atoms with Crippen LogP contribution >= 0.6 is 0 Å². The lowest BCUT2D eigenvalue weighted by Crippen LogP contribution is -2.21. The Kier molecular flexibility index (Phi) is 5.24. The monoisotopic (exact) mass is 319 g/mol. The first kappa shape index (κ1) is 16.4. The number of ether oxygens (including phenoxy) is 1. The van der Waals surface area contributed by atoms with E-state index in [-0.39, 0.29) is 11.3 Å². The lowest BCUT2D eigenvalue weighted by molar-refractivity contribution is -0.255. The number of carbonyl (C=O) groups is 1.